The standard InChI is InChI=1S/C10H10Cl2F3N3O/c11-6-2-1-3-7(12)8(6)17-4-5(9(16)18-19)10(13,14)15/h1-3,5,17,19H,4H2,(H2,16,18). The second kappa shape index (κ2) is 6.21. The van der Waals surface area contributed by atoms with Crippen LogP contribution in [-0.2, 0) is 0 Å². The van der Waals surface area contributed by atoms with Gasteiger partial charge in [-0.2, -0.15) is 13.2 Å². The van der Waals surface area contributed by atoms with Gasteiger partial charge < -0.3 is 16.3 Å². The lowest BCUT2D eigenvalue weighted by molar-refractivity contribution is -0.152. The lowest BCUT2D eigenvalue weighted by Gasteiger charge is -2.20. The summed E-state index contributed by atoms with van der Waals surface area (Å²) in [5.41, 5.74) is 5.18. The van der Waals surface area contributed by atoms with E-state index in [1.54, 1.807) is 6.07 Å². The van der Waals surface area contributed by atoms with E-state index in [0.717, 1.165) is 0 Å². The normalized spacial score (nSPS) is 14.3. The quantitative estimate of drug-likeness (QED) is 0.345. The van der Waals surface area contributed by atoms with Gasteiger partial charge in [-0.15, -0.1) is 0 Å². The number of para-hydroxylation sites is 1. The van der Waals surface area contributed by atoms with E-state index in [2.05, 4.69) is 10.5 Å². The van der Waals surface area contributed by atoms with E-state index < -0.39 is 24.5 Å². The summed E-state index contributed by atoms with van der Waals surface area (Å²) in [4.78, 5) is 0. The molecule has 0 heterocycles. The van der Waals surface area contributed by atoms with Crippen LogP contribution < -0.4 is 11.1 Å². The van der Waals surface area contributed by atoms with Crippen LogP contribution in [0.15, 0.2) is 23.4 Å². The summed E-state index contributed by atoms with van der Waals surface area (Å²) in [6.45, 7) is -0.650. The van der Waals surface area contributed by atoms with Gasteiger partial charge in [0.1, 0.15) is 5.92 Å². The van der Waals surface area contributed by atoms with E-state index in [1.165, 1.54) is 12.1 Å². The molecule has 19 heavy (non-hydrogen) atoms. The predicted octanol–water partition coefficient (Wildman–Crippen LogP) is 3.33. The highest BCUT2D eigenvalue weighted by molar-refractivity contribution is 6.39. The Morgan fingerprint density at radius 3 is 2.32 bits per heavy atom. The largest absolute Gasteiger partial charge is 0.409 e. The van der Waals surface area contributed by atoms with Crippen molar-refractivity contribution in [1.82, 2.24) is 0 Å². The highest BCUT2D eigenvalue weighted by Gasteiger charge is 2.42. The van der Waals surface area contributed by atoms with Gasteiger partial charge in [0, 0.05) is 6.54 Å². The summed E-state index contributed by atoms with van der Waals surface area (Å²) in [6, 6.07) is 4.50. The molecule has 0 aliphatic carbocycles. The smallest absolute Gasteiger partial charge is 0.400 e. The first kappa shape index (κ1) is 15.7. The molecule has 1 unspecified atom stereocenters. The van der Waals surface area contributed by atoms with Crippen LogP contribution >= 0.6 is 23.2 Å². The average Bonchev–Trinajstić information content (AvgIpc) is 2.30. The lowest BCUT2D eigenvalue weighted by atomic mass is 10.1. The van der Waals surface area contributed by atoms with Gasteiger partial charge in [0.15, 0.2) is 5.84 Å². The summed E-state index contributed by atoms with van der Waals surface area (Å²) < 4.78 is 38.1. The Morgan fingerprint density at radius 1 is 1.37 bits per heavy atom. The minimum absolute atomic E-state index is 0.158. The Bertz CT molecular complexity index is 459. The fraction of sp³-hybridized carbons (Fsp3) is 0.300. The summed E-state index contributed by atoms with van der Waals surface area (Å²) in [6.07, 6.45) is -4.66. The monoisotopic (exact) mass is 315 g/mol. The topological polar surface area (TPSA) is 70.6 Å². The fourth-order valence-corrected chi connectivity index (χ4v) is 1.86. The number of nitrogens with two attached hydrogens (primary N) is 1. The molecule has 1 aromatic carbocycles. The Labute approximate surface area is 117 Å². The van der Waals surface area contributed by atoms with Crippen molar-refractivity contribution in [3.63, 3.8) is 0 Å². The average molecular weight is 316 g/mol. The van der Waals surface area contributed by atoms with Crippen LogP contribution in [0.5, 0.6) is 0 Å². The number of halogens is 5. The minimum Gasteiger partial charge on any atom is -0.409 e. The zero-order chi connectivity index (χ0) is 14.6. The summed E-state index contributed by atoms with van der Waals surface area (Å²) in [7, 11) is 0. The van der Waals surface area contributed by atoms with Crippen molar-refractivity contribution >= 4 is 34.7 Å². The SMILES string of the molecule is N/C(=N/O)C(CNc1c(Cl)cccc1Cl)C(F)(F)F. The summed E-state index contributed by atoms with van der Waals surface area (Å²) >= 11 is 11.6. The molecule has 9 heteroatoms. The van der Waals surface area contributed by atoms with Gasteiger partial charge in [-0.25, -0.2) is 0 Å². The van der Waals surface area contributed by atoms with Gasteiger partial charge in [0.25, 0.3) is 0 Å². The number of nitrogens with one attached hydrogen (secondary N) is 1. The minimum atomic E-state index is -4.66. The van der Waals surface area contributed by atoms with Crippen molar-refractivity contribution in [3.05, 3.63) is 28.2 Å². The van der Waals surface area contributed by atoms with Crippen LogP contribution in [0.1, 0.15) is 0 Å². The van der Waals surface area contributed by atoms with E-state index in [4.69, 9.17) is 34.1 Å². The molecule has 4 N–H and O–H groups in total. The van der Waals surface area contributed by atoms with Crippen LogP contribution in [0.3, 0.4) is 0 Å². The van der Waals surface area contributed by atoms with Gasteiger partial charge in [0.05, 0.1) is 15.7 Å². The van der Waals surface area contributed by atoms with Crippen molar-refractivity contribution in [2.24, 2.45) is 16.8 Å². The first-order valence-electron chi connectivity index (χ1n) is 4.99. The zero-order valence-corrected chi connectivity index (χ0v) is 10.9. The highest BCUT2D eigenvalue weighted by atomic mass is 35.5. The molecule has 1 rings (SSSR count). The van der Waals surface area contributed by atoms with Crippen molar-refractivity contribution in [2.75, 3.05) is 11.9 Å². The van der Waals surface area contributed by atoms with E-state index in [1.807, 2.05) is 0 Å². The first-order chi connectivity index (χ1) is 8.77. The molecular formula is C10H10Cl2F3N3O. The number of rotatable bonds is 4. The molecule has 1 atom stereocenters. The molecule has 0 aliphatic rings. The second-order valence-electron chi connectivity index (χ2n) is 3.60. The zero-order valence-electron chi connectivity index (χ0n) is 9.38. The van der Waals surface area contributed by atoms with Crippen molar-refractivity contribution in [3.8, 4) is 0 Å². The van der Waals surface area contributed by atoms with Crippen molar-refractivity contribution in [1.29, 1.82) is 0 Å². The van der Waals surface area contributed by atoms with Crippen molar-refractivity contribution < 1.29 is 18.4 Å². The second-order valence-corrected chi connectivity index (χ2v) is 4.41. The molecule has 106 valence electrons. The molecule has 1 aromatic rings. The number of alkyl halides is 3. The van der Waals surface area contributed by atoms with Crippen LogP contribution in [0, 0.1) is 5.92 Å². The Kier molecular flexibility index (Phi) is 5.13. The van der Waals surface area contributed by atoms with E-state index in [0.29, 0.717) is 0 Å². The number of amidine groups is 1. The third-order valence-electron chi connectivity index (χ3n) is 2.31. The van der Waals surface area contributed by atoms with Gasteiger partial charge in [0.2, 0.25) is 0 Å². The lowest BCUT2D eigenvalue weighted by Crippen LogP contribution is -2.40. The maximum Gasteiger partial charge on any atom is 0.400 e. The first-order valence-corrected chi connectivity index (χ1v) is 5.75. The highest BCUT2D eigenvalue weighted by Crippen LogP contribution is 2.32. The molecule has 0 spiro atoms. The molecular weight excluding hydrogens is 306 g/mol. The van der Waals surface area contributed by atoms with E-state index in [-0.39, 0.29) is 15.7 Å². The molecule has 0 aliphatic heterocycles. The molecule has 0 saturated carbocycles. The maximum absolute atomic E-state index is 12.7. The number of hydrogen-bond acceptors (Lipinski definition) is 3. The molecule has 0 amide bonds. The van der Waals surface area contributed by atoms with E-state index in [9.17, 15) is 13.2 Å². The van der Waals surface area contributed by atoms with Gasteiger partial charge in [-0.3, -0.25) is 0 Å². The third kappa shape index (κ3) is 4.07. The van der Waals surface area contributed by atoms with Crippen LogP contribution in [0.25, 0.3) is 0 Å². The molecule has 0 saturated heterocycles. The van der Waals surface area contributed by atoms with Crippen LogP contribution in [0.2, 0.25) is 10.0 Å². The van der Waals surface area contributed by atoms with Gasteiger partial charge >= 0.3 is 6.18 Å². The van der Waals surface area contributed by atoms with Crippen molar-refractivity contribution in [2.45, 2.75) is 6.18 Å². The predicted molar refractivity (Wildman–Crippen MR) is 67.9 cm³/mol. The third-order valence-corrected chi connectivity index (χ3v) is 2.94. The Hall–Kier alpha value is -1.34. The molecule has 0 aromatic heterocycles. The Balaban J connectivity index is 2.89. The van der Waals surface area contributed by atoms with Crippen LogP contribution in [0.4, 0.5) is 18.9 Å². The number of oxime groups is 1. The van der Waals surface area contributed by atoms with Crippen LogP contribution in [-0.4, -0.2) is 23.8 Å². The number of hydrogen-bond donors (Lipinski definition) is 3. The Morgan fingerprint density at radius 2 is 1.89 bits per heavy atom. The van der Waals surface area contributed by atoms with E-state index >= 15 is 0 Å². The molecule has 4 nitrogen and oxygen atoms in total. The summed E-state index contributed by atoms with van der Waals surface area (Å²) in [5, 5.41) is 13.5. The molecule has 0 fully saturated rings. The van der Waals surface area contributed by atoms with Gasteiger partial charge in [-0.1, -0.05) is 34.4 Å². The summed E-state index contributed by atoms with van der Waals surface area (Å²) in [5.74, 6) is -3.09. The number of nitrogens with zero attached hydrogens (tertiary/aromatic N) is 1. The maximum atomic E-state index is 12.7. The van der Waals surface area contributed by atoms with Gasteiger partial charge in [-0.05, 0) is 12.1 Å². The molecule has 0 bridgehead atoms. The number of benzene rings is 1. The number of anilines is 1. The fourth-order valence-electron chi connectivity index (χ4n) is 1.33. The molecule has 0 radical (unpaired) electrons.